The van der Waals surface area contributed by atoms with Gasteiger partial charge in [-0.25, -0.2) is 4.39 Å². The van der Waals surface area contributed by atoms with Gasteiger partial charge in [-0.1, -0.05) is 15.9 Å². The molecule has 0 aliphatic rings. The van der Waals surface area contributed by atoms with E-state index in [1.54, 1.807) is 0 Å². The highest BCUT2D eigenvalue weighted by molar-refractivity contribution is 9.09. The molecule has 0 fully saturated rings. The van der Waals surface area contributed by atoms with Crippen LogP contribution in [0.4, 0.5) is 15.8 Å². The molecule has 76 valence electrons. The quantitative estimate of drug-likeness (QED) is 0.393. The van der Waals surface area contributed by atoms with Gasteiger partial charge >= 0.3 is 0 Å². The smallest absolute Gasteiger partial charge is 0.269 e. The lowest BCUT2D eigenvalue weighted by Gasteiger charge is -2.08. The van der Waals surface area contributed by atoms with Gasteiger partial charge < -0.3 is 5.32 Å². The van der Waals surface area contributed by atoms with Crippen molar-refractivity contribution in [2.75, 3.05) is 12.0 Å². The predicted octanol–water partition coefficient (Wildman–Crippen LogP) is 2.70. The first kappa shape index (κ1) is 10.9. The molecule has 4 nitrogen and oxygen atoms in total. The molecular formula is C8H8BrFN2O2. The topological polar surface area (TPSA) is 55.2 Å². The highest BCUT2D eigenvalue weighted by Gasteiger charge is 2.06. The summed E-state index contributed by atoms with van der Waals surface area (Å²) in [6, 6.07) is 5.78. The summed E-state index contributed by atoms with van der Waals surface area (Å²) in [5, 5.41) is 13.1. The summed E-state index contributed by atoms with van der Waals surface area (Å²) in [6.07, 6.45) is 0. The summed E-state index contributed by atoms with van der Waals surface area (Å²) in [7, 11) is 0. The van der Waals surface area contributed by atoms with Gasteiger partial charge in [-0.15, -0.1) is 0 Å². The second-order valence-corrected chi connectivity index (χ2v) is 3.68. The number of rotatable bonds is 4. The maximum absolute atomic E-state index is 12.1. The number of non-ortho nitro benzene ring substituents is 1. The molecule has 0 bridgehead atoms. The van der Waals surface area contributed by atoms with Crippen LogP contribution in [0.3, 0.4) is 0 Å². The summed E-state index contributed by atoms with van der Waals surface area (Å²) in [6.45, 7) is -0.559. The van der Waals surface area contributed by atoms with Gasteiger partial charge in [0.25, 0.3) is 5.69 Å². The summed E-state index contributed by atoms with van der Waals surface area (Å²) in [5.41, 5.74) is 0.650. The lowest BCUT2D eigenvalue weighted by Crippen LogP contribution is -2.13. The van der Waals surface area contributed by atoms with Crippen molar-refractivity contribution < 1.29 is 9.31 Å². The molecule has 1 atom stereocenters. The van der Waals surface area contributed by atoms with E-state index in [2.05, 4.69) is 21.2 Å². The van der Waals surface area contributed by atoms with Gasteiger partial charge in [0.15, 0.2) is 0 Å². The molecule has 1 aromatic rings. The second-order valence-electron chi connectivity index (χ2n) is 2.57. The zero-order valence-electron chi connectivity index (χ0n) is 7.11. The van der Waals surface area contributed by atoms with E-state index in [-0.39, 0.29) is 5.69 Å². The monoisotopic (exact) mass is 262 g/mol. The summed E-state index contributed by atoms with van der Waals surface area (Å²) in [4.78, 5) is 9.36. The van der Waals surface area contributed by atoms with Crippen LogP contribution < -0.4 is 5.32 Å². The number of nitro groups is 1. The molecule has 0 amide bonds. The molecular weight excluding hydrogens is 255 g/mol. The number of nitro benzene ring substituents is 1. The lowest BCUT2D eigenvalue weighted by molar-refractivity contribution is -0.384. The van der Waals surface area contributed by atoms with Gasteiger partial charge in [0.2, 0.25) is 0 Å². The molecule has 14 heavy (non-hydrogen) atoms. The number of nitrogens with zero attached hydrogens (tertiary/aromatic N) is 1. The van der Waals surface area contributed by atoms with E-state index in [4.69, 9.17) is 0 Å². The third-order valence-electron chi connectivity index (χ3n) is 1.54. The molecule has 0 saturated heterocycles. The van der Waals surface area contributed by atoms with E-state index in [1.165, 1.54) is 24.3 Å². The highest BCUT2D eigenvalue weighted by atomic mass is 79.9. The Morgan fingerprint density at radius 2 is 2.07 bits per heavy atom. The van der Waals surface area contributed by atoms with E-state index in [0.29, 0.717) is 5.69 Å². The Bertz CT molecular complexity index is 318. The van der Waals surface area contributed by atoms with Crippen LogP contribution in [-0.4, -0.2) is 16.5 Å². The van der Waals surface area contributed by atoms with Crippen LogP contribution in [0.2, 0.25) is 0 Å². The Morgan fingerprint density at radius 3 is 2.50 bits per heavy atom. The van der Waals surface area contributed by atoms with Gasteiger partial charge in [0, 0.05) is 17.8 Å². The molecule has 1 rings (SSSR count). The van der Waals surface area contributed by atoms with Crippen LogP contribution in [0, 0.1) is 10.1 Å². The molecule has 6 heteroatoms. The molecule has 0 aromatic heterocycles. The van der Waals surface area contributed by atoms with Crippen molar-refractivity contribution >= 4 is 27.3 Å². The third kappa shape index (κ3) is 2.95. The first-order valence-corrected chi connectivity index (χ1v) is 4.76. The van der Waals surface area contributed by atoms with Gasteiger partial charge in [-0.05, 0) is 12.1 Å². The van der Waals surface area contributed by atoms with Gasteiger partial charge in [-0.3, -0.25) is 10.1 Å². The minimum absolute atomic E-state index is 0.0157. The van der Waals surface area contributed by atoms with Gasteiger partial charge in [0.1, 0.15) is 11.6 Å². The van der Waals surface area contributed by atoms with Crippen LogP contribution in [-0.2, 0) is 0 Å². The van der Waals surface area contributed by atoms with Crippen molar-refractivity contribution in [2.24, 2.45) is 0 Å². The number of halogens is 2. The number of alkyl halides is 2. The van der Waals surface area contributed by atoms with Crippen molar-refractivity contribution in [3.63, 3.8) is 0 Å². The standard InChI is InChI=1S/C8H8BrFN2O2/c9-8(5-10)11-6-1-3-7(4-2-6)12(13)14/h1-4,8,11H,5H2. The average Bonchev–Trinajstić information content (AvgIpc) is 2.18. The van der Waals surface area contributed by atoms with Crippen LogP contribution in [0.25, 0.3) is 0 Å². The minimum Gasteiger partial charge on any atom is -0.371 e. The second kappa shape index (κ2) is 4.90. The van der Waals surface area contributed by atoms with Crippen molar-refractivity contribution in [3.8, 4) is 0 Å². The summed E-state index contributed by atoms with van der Waals surface area (Å²) >= 11 is 3.04. The Morgan fingerprint density at radius 1 is 1.50 bits per heavy atom. The number of nitrogens with one attached hydrogen (secondary N) is 1. The van der Waals surface area contributed by atoms with E-state index in [1.807, 2.05) is 0 Å². The van der Waals surface area contributed by atoms with E-state index in [0.717, 1.165) is 0 Å². The Hall–Kier alpha value is -1.17. The van der Waals surface area contributed by atoms with Crippen LogP contribution in [0.5, 0.6) is 0 Å². The van der Waals surface area contributed by atoms with Crippen LogP contribution in [0.15, 0.2) is 24.3 Å². The van der Waals surface area contributed by atoms with Crippen molar-refractivity contribution in [3.05, 3.63) is 34.4 Å². The molecule has 0 radical (unpaired) electrons. The fourth-order valence-corrected chi connectivity index (χ4v) is 1.16. The fraction of sp³-hybridized carbons (Fsp3) is 0.250. The van der Waals surface area contributed by atoms with Gasteiger partial charge in [-0.2, -0.15) is 0 Å². The van der Waals surface area contributed by atoms with Crippen LogP contribution >= 0.6 is 15.9 Å². The highest BCUT2D eigenvalue weighted by Crippen LogP contribution is 2.17. The van der Waals surface area contributed by atoms with E-state index >= 15 is 0 Å². The Kier molecular flexibility index (Phi) is 3.82. The molecule has 1 N–H and O–H groups in total. The van der Waals surface area contributed by atoms with E-state index in [9.17, 15) is 14.5 Å². The SMILES string of the molecule is O=[N+]([O-])c1ccc(NC(Br)CF)cc1. The Labute approximate surface area is 88.4 Å². The maximum atomic E-state index is 12.1. The van der Waals surface area contributed by atoms with Crippen molar-refractivity contribution in [2.45, 2.75) is 4.95 Å². The molecule has 0 spiro atoms. The average molecular weight is 263 g/mol. The first-order chi connectivity index (χ1) is 6.63. The molecule has 1 unspecified atom stereocenters. The number of hydrogen-bond acceptors (Lipinski definition) is 3. The molecule has 0 saturated carbocycles. The summed E-state index contributed by atoms with van der Waals surface area (Å²) in [5.74, 6) is 0. The zero-order chi connectivity index (χ0) is 10.6. The Balaban J connectivity index is 2.68. The summed E-state index contributed by atoms with van der Waals surface area (Å²) < 4.78 is 12.1. The number of hydrogen-bond donors (Lipinski definition) is 1. The minimum atomic E-state index is -0.559. The van der Waals surface area contributed by atoms with Crippen molar-refractivity contribution in [1.29, 1.82) is 0 Å². The van der Waals surface area contributed by atoms with Crippen molar-refractivity contribution in [1.82, 2.24) is 0 Å². The fourth-order valence-electron chi connectivity index (χ4n) is 0.899. The molecule has 0 aliphatic carbocycles. The lowest BCUT2D eigenvalue weighted by atomic mass is 10.3. The molecule has 0 aliphatic heterocycles. The molecule has 1 aromatic carbocycles. The third-order valence-corrected chi connectivity index (χ3v) is 2.01. The number of benzene rings is 1. The first-order valence-electron chi connectivity index (χ1n) is 3.84. The predicted molar refractivity (Wildman–Crippen MR) is 55.4 cm³/mol. The zero-order valence-corrected chi connectivity index (χ0v) is 8.70. The molecule has 0 heterocycles. The van der Waals surface area contributed by atoms with Gasteiger partial charge in [0.05, 0.1) is 4.92 Å². The number of anilines is 1. The maximum Gasteiger partial charge on any atom is 0.269 e. The largest absolute Gasteiger partial charge is 0.371 e. The van der Waals surface area contributed by atoms with E-state index < -0.39 is 16.5 Å². The van der Waals surface area contributed by atoms with Crippen LogP contribution in [0.1, 0.15) is 0 Å². The normalized spacial score (nSPS) is 12.1.